The summed E-state index contributed by atoms with van der Waals surface area (Å²) < 4.78 is 0.618. The van der Waals surface area contributed by atoms with E-state index in [1.54, 1.807) is 6.07 Å². The van der Waals surface area contributed by atoms with Gasteiger partial charge in [0.25, 0.3) is 5.91 Å². The largest absolute Gasteiger partial charge is 0.478 e. The van der Waals surface area contributed by atoms with E-state index >= 15 is 0 Å². The molecule has 1 saturated heterocycles. The van der Waals surface area contributed by atoms with Crippen molar-refractivity contribution in [1.29, 1.82) is 0 Å². The fourth-order valence-corrected chi connectivity index (χ4v) is 2.96. The number of hydrogen-bond donors (Lipinski definition) is 1. The van der Waals surface area contributed by atoms with Gasteiger partial charge in [-0.1, -0.05) is 35.2 Å². The van der Waals surface area contributed by atoms with Crippen LogP contribution in [0.5, 0.6) is 0 Å². The van der Waals surface area contributed by atoms with Gasteiger partial charge in [0, 0.05) is 23.1 Å². The number of nitrogens with zero attached hydrogens (tertiary/aromatic N) is 1. The van der Waals surface area contributed by atoms with Crippen LogP contribution in [0.25, 0.3) is 0 Å². The Morgan fingerprint density at radius 3 is 2.10 bits per heavy atom. The molecule has 1 aliphatic rings. The molecular formula is C15H18BrNO3. The lowest BCUT2D eigenvalue weighted by Crippen LogP contribution is -2.33. The fraction of sp³-hybridized carbons (Fsp3) is 0.467. The molecule has 0 bridgehead atoms. The zero-order chi connectivity index (χ0) is 14.5. The summed E-state index contributed by atoms with van der Waals surface area (Å²) in [5.74, 6) is -1.09. The van der Waals surface area contributed by atoms with Crippen LogP contribution in [0.2, 0.25) is 0 Å². The van der Waals surface area contributed by atoms with Gasteiger partial charge in [-0.3, -0.25) is 4.79 Å². The molecule has 0 unspecified atom stereocenters. The Labute approximate surface area is 126 Å². The average Bonchev–Trinajstić information content (AvgIpc) is 2.37. The first-order valence-corrected chi connectivity index (χ1v) is 7.70. The van der Waals surface area contributed by atoms with Gasteiger partial charge in [0.05, 0.1) is 5.56 Å². The number of benzene rings is 1. The van der Waals surface area contributed by atoms with E-state index in [2.05, 4.69) is 15.9 Å². The summed E-state index contributed by atoms with van der Waals surface area (Å²) in [6, 6.07) is 4.65. The second-order valence-electron chi connectivity index (χ2n) is 5.09. The number of carboxylic acids is 1. The van der Waals surface area contributed by atoms with Crippen molar-refractivity contribution >= 4 is 27.8 Å². The minimum absolute atomic E-state index is 0.0734. The highest BCUT2D eigenvalue weighted by molar-refractivity contribution is 9.10. The van der Waals surface area contributed by atoms with E-state index in [9.17, 15) is 9.59 Å². The molecule has 2 rings (SSSR count). The number of rotatable bonds is 2. The third-order valence-corrected chi connectivity index (χ3v) is 3.99. The van der Waals surface area contributed by atoms with Crippen LogP contribution in [0.4, 0.5) is 0 Å². The van der Waals surface area contributed by atoms with E-state index in [0.29, 0.717) is 10.0 Å². The van der Waals surface area contributed by atoms with Gasteiger partial charge in [0.1, 0.15) is 0 Å². The van der Waals surface area contributed by atoms with Gasteiger partial charge in [0.2, 0.25) is 0 Å². The SMILES string of the molecule is O=C(O)c1cc(Br)cc(C(=O)N2CCCCCCC2)c1. The highest BCUT2D eigenvalue weighted by Crippen LogP contribution is 2.19. The maximum absolute atomic E-state index is 12.5. The average molecular weight is 340 g/mol. The van der Waals surface area contributed by atoms with Crippen molar-refractivity contribution in [2.45, 2.75) is 32.1 Å². The summed E-state index contributed by atoms with van der Waals surface area (Å²) in [7, 11) is 0. The number of carbonyl (C=O) groups excluding carboxylic acids is 1. The van der Waals surface area contributed by atoms with Crippen LogP contribution in [-0.2, 0) is 0 Å². The number of likely N-dealkylation sites (tertiary alicyclic amines) is 1. The van der Waals surface area contributed by atoms with E-state index in [4.69, 9.17) is 5.11 Å². The summed E-state index contributed by atoms with van der Waals surface area (Å²) in [5, 5.41) is 9.06. The first kappa shape index (κ1) is 15.0. The number of carboxylic acid groups (broad SMARTS) is 1. The zero-order valence-electron chi connectivity index (χ0n) is 11.3. The van der Waals surface area contributed by atoms with Crippen LogP contribution in [0.1, 0.15) is 52.8 Å². The van der Waals surface area contributed by atoms with Crippen LogP contribution in [0, 0.1) is 0 Å². The van der Waals surface area contributed by atoms with Crippen LogP contribution in [-0.4, -0.2) is 35.0 Å². The van der Waals surface area contributed by atoms with Gasteiger partial charge in [-0.2, -0.15) is 0 Å². The lowest BCUT2D eigenvalue weighted by Gasteiger charge is -2.25. The number of aromatic carboxylic acids is 1. The van der Waals surface area contributed by atoms with E-state index in [1.165, 1.54) is 18.6 Å². The molecule has 5 heteroatoms. The van der Waals surface area contributed by atoms with Crippen LogP contribution >= 0.6 is 15.9 Å². The van der Waals surface area contributed by atoms with Crippen molar-refractivity contribution in [1.82, 2.24) is 4.90 Å². The van der Waals surface area contributed by atoms with Crippen molar-refractivity contribution < 1.29 is 14.7 Å². The third kappa shape index (κ3) is 3.82. The number of hydrogen-bond acceptors (Lipinski definition) is 2. The molecule has 0 radical (unpaired) electrons. The first-order chi connectivity index (χ1) is 9.58. The fourth-order valence-electron chi connectivity index (χ4n) is 2.47. The van der Waals surface area contributed by atoms with Gasteiger partial charge in [-0.25, -0.2) is 4.79 Å². The Kier molecular flexibility index (Phi) is 5.17. The van der Waals surface area contributed by atoms with Gasteiger partial charge < -0.3 is 10.0 Å². The van der Waals surface area contributed by atoms with Gasteiger partial charge in [0.15, 0.2) is 0 Å². The lowest BCUT2D eigenvalue weighted by molar-refractivity contribution is 0.0697. The molecule has 20 heavy (non-hydrogen) atoms. The molecule has 0 saturated carbocycles. The van der Waals surface area contributed by atoms with E-state index in [0.717, 1.165) is 38.8 Å². The normalized spacial score (nSPS) is 16.4. The molecule has 1 amide bonds. The van der Waals surface area contributed by atoms with Crippen molar-refractivity contribution in [3.05, 3.63) is 33.8 Å². The van der Waals surface area contributed by atoms with Gasteiger partial charge in [-0.15, -0.1) is 0 Å². The Morgan fingerprint density at radius 2 is 1.50 bits per heavy atom. The molecule has 1 aliphatic heterocycles. The molecular weight excluding hydrogens is 322 g/mol. The molecule has 1 aromatic rings. The first-order valence-electron chi connectivity index (χ1n) is 6.91. The van der Waals surface area contributed by atoms with Crippen LogP contribution < -0.4 is 0 Å². The zero-order valence-corrected chi connectivity index (χ0v) is 12.9. The van der Waals surface area contributed by atoms with E-state index < -0.39 is 5.97 Å². The van der Waals surface area contributed by atoms with Crippen molar-refractivity contribution in [3.63, 3.8) is 0 Å². The number of carbonyl (C=O) groups is 2. The van der Waals surface area contributed by atoms with Crippen molar-refractivity contribution in [2.24, 2.45) is 0 Å². The Hall–Kier alpha value is -1.36. The Morgan fingerprint density at radius 1 is 0.950 bits per heavy atom. The second kappa shape index (κ2) is 6.88. The molecule has 4 nitrogen and oxygen atoms in total. The highest BCUT2D eigenvalue weighted by Gasteiger charge is 2.18. The predicted octanol–water partition coefficient (Wildman–Crippen LogP) is 3.55. The van der Waals surface area contributed by atoms with E-state index in [-0.39, 0.29) is 11.5 Å². The summed E-state index contributed by atoms with van der Waals surface area (Å²) in [6.45, 7) is 1.52. The summed E-state index contributed by atoms with van der Waals surface area (Å²) in [5.41, 5.74) is 0.576. The monoisotopic (exact) mass is 339 g/mol. The second-order valence-corrected chi connectivity index (χ2v) is 6.01. The standard InChI is InChI=1S/C15H18BrNO3/c16-13-9-11(8-12(10-13)15(19)20)14(18)17-6-4-2-1-3-5-7-17/h8-10H,1-7H2,(H,19,20). The predicted molar refractivity (Wildman–Crippen MR) is 80.1 cm³/mol. The Balaban J connectivity index is 2.20. The molecule has 0 aliphatic carbocycles. The van der Waals surface area contributed by atoms with Crippen LogP contribution in [0.15, 0.2) is 22.7 Å². The van der Waals surface area contributed by atoms with Crippen molar-refractivity contribution in [2.75, 3.05) is 13.1 Å². The molecule has 0 aromatic heterocycles. The molecule has 0 spiro atoms. The number of amides is 1. The summed E-state index contributed by atoms with van der Waals surface area (Å²) >= 11 is 3.27. The maximum atomic E-state index is 12.5. The van der Waals surface area contributed by atoms with Gasteiger partial charge >= 0.3 is 5.97 Å². The number of halogens is 1. The summed E-state index contributed by atoms with van der Waals surface area (Å²) in [6.07, 6.45) is 5.59. The highest BCUT2D eigenvalue weighted by atomic mass is 79.9. The Bertz CT molecular complexity index is 508. The third-order valence-electron chi connectivity index (χ3n) is 3.53. The smallest absolute Gasteiger partial charge is 0.335 e. The lowest BCUT2D eigenvalue weighted by atomic mass is 10.1. The minimum Gasteiger partial charge on any atom is -0.478 e. The molecule has 1 fully saturated rings. The van der Waals surface area contributed by atoms with Gasteiger partial charge in [-0.05, 0) is 31.0 Å². The van der Waals surface area contributed by atoms with E-state index in [1.807, 2.05) is 4.90 Å². The maximum Gasteiger partial charge on any atom is 0.335 e. The quantitative estimate of drug-likeness (QED) is 0.896. The van der Waals surface area contributed by atoms with Crippen molar-refractivity contribution in [3.8, 4) is 0 Å². The molecule has 1 heterocycles. The molecule has 1 N–H and O–H groups in total. The molecule has 1 aromatic carbocycles. The molecule has 0 atom stereocenters. The molecule has 108 valence electrons. The summed E-state index contributed by atoms with van der Waals surface area (Å²) in [4.78, 5) is 25.4. The van der Waals surface area contributed by atoms with Crippen LogP contribution in [0.3, 0.4) is 0 Å². The topological polar surface area (TPSA) is 57.6 Å². The minimum atomic E-state index is -1.02.